The fraction of sp³-hybridized carbons (Fsp3) is 0.333. The smallest absolute Gasteiger partial charge is 0.336 e. The molecular formula is C12H13BrN4O3. The molecule has 8 heteroatoms. The number of carboxylic acid groups (broad SMARTS) is 1. The highest BCUT2D eigenvalue weighted by Gasteiger charge is 2.14. The maximum Gasteiger partial charge on any atom is 0.336 e. The fourth-order valence-corrected chi connectivity index (χ4v) is 2.30. The molecule has 0 fully saturated rings. The van der Waals surface area contributed by atoms with Crippen LogP contribution >= 0.6 is 15.9 Å². The van der Waals surface area contributed by atoms with Gasteiger partial charge < -0.3 is 9.84 Å². The van der Waals surface area contributed by atoms with Crippen molar-refractivity contribution >= 4 is 21.9 Å². The number of benzene rings is 1. The van der Waals surface area contributed by atoms with E-state index in [0.717, 1.165) is 0 Å². The first-order valence-electron chi connectivity index (χ1n) is 5.88. The number of hydrogen-bond acceptors (Lipinski definition) is 5. The van der Waals surface area contributed by atoms with E-state index in [0.29, 0.717) is 34.8 Å². The van der Waals surface area contributed by atoms with Crippen molar-refractivity contribution < 1.29 is 14.6 Å². The molecule has 0 atom stereocenters. The van der Waals surface area contributed by atoms with Crippen LogP contribution in [0.25, 0.3) is 0 Å². The Hall–Kier alpha value is -1.96. The summed E-state index contributed by atoms with van der Waals surface area (Å²) in [7, 11) is 0. The fourth-order valence-electron chi connectivity index (χ4n) is 1.76. The third-order valence-electron chi connectivity index (χ3n) is 2.85. The van der Waals surface area contributed by atoms with E-state index in [1.54, 1.807) is 30.7 Å². The molecule has 7 nitrogen and oxygen atoms in total. The van der Waals surface area contributed by atoms with E-state index in [9.17, 15) is 4.79 Å². The third kappa shape index (κ3) is 2.96. The molecule has 0 spiro atoms. The molecule has 1 aromatic heterocycles. The lowest BCUT2D eigenvalue weighted by Crippen LogP contribution is -2.12. The quantitative estimate of drug-likeness (QED) is 0.892. The number of aromatic carboxylic acids is 1. The van der Waals surface area contributed by atoms with Gasteiger partial charge in [-0.2, -0.15) is 0 Å². The molecule has 0 radical (unpaired) electrons. The van der Waals surface area contributed by atoms with Crippen LogP contribution in [0.3, 0.4) is 0 Å². The van der Waals surface area contributed by atoms with E-state index in [1.807, 2.05) is 0 Å². The normalized spacial score (nSPS) is 10.6. The number of rotatable bonds is 5. The number of carboxylic acids is 1. The summed E-state index contributed by atoms with van der Waals surface area (Å²) in [5.74, 6) is 0.246. The van der Waals surface area contributed by atoms with Crippen LogP contribution in [0.5, 0.6) is 5.75 Å². The van der Waals surface area contributed by atoms with Crippen LogP contribution in [0.2, 0.25) is 0 Å². The summed E-state index contributed by atoms with van der Waals surface area (Å²) < 4.78 is 7.99. The predicted octanol–water partition coefficient (Wildman–Crippen LogP) is 1.83. The van der Waals surface area contributed by atoms with Gasteiger partial charge in [0.05, 0.1) is 16.6 Å². The van der Waals surface area contributed by atoms with E-state index in [1.165, 1.54) is 0 Å². The van der Waals surface area contributed by atoms with Gasteiger partial charge in [0.15, 0.2) is 0 Å². The van der Waals surface area contributed by atoms with Gasteiger partial charge in [-0.05, 0) is 52.3 Å². The summed E-state index contributed by atoms with van der Waals surface area (Å²) in [5.41, 5.74) is 0.808. The first kappa shape index (κ1) is 14.4. The Kier molecular flexibility index (Phi) is 4.33. The average molecular weight is 341 g/mol. The molecular weight excluding hydrogens is 328 g/mol. The number of ether oxygens (including phenoxy) is 1. The summed E-state index contributed by atoms with van der Waals surface area (Å²) >= 11 is 3.36. The van der Waals surface area contributed by atoms with Crippen molar-refractivity contribution in [3.8, 4) is 5.75 Å². The molecule has 0 aliphatic heterocycles. The van der Waals surface area contributed by atoms with Crippen LogP contribution in [0.15, 0.2) is 16.6 Å². The zero-order chi connectivity index (χ0) is 14.7. The van der Waals surface area contributed by atoms with E-state index in [-0.39, 0.29) is 5.56 Å². The summed E-state index contributed by atoms with van der Waals surface area (Å²) in [5, 5.41) is 20.2. The van der Waals surface area contributed by atoms with E-state index < -0.39 is 5.97 Å². The number of nitrogens with zero attached hydrogens (tertiary/aromatic N) is 4. The summed E-state index contributed by atoms with van der Waals surface area (Å²) in [4.78, 5) is 11.1. The number of hydrogen-bond donors (Lipinski definition) is 1. The average Bonchev–Trinajstić information content (AvgIpc) is 2.78. The van der Waals surface area contributed by atoms with E-state index in [2.05, 4.69) is 31.5 Å². The second kappa shape index (κ2) is 6.00. The lowest BCUT2D eigenvalue weighted by atomic mass is 10.1. The maximum absolute atomic E-state index is 11.1. The van der Waals surface area contributed by atoms with Crippen LogP contribution in [0.1, 0.15) is 21.7 Å². The molecule has 0 aliphatic rings. The van der Waals surface area contributed by atoms with Crippen molar-refractivity contribution in [1.29, 1.82) is 0 Å². The highest BCUT2D eigenvalue weighted by Crippen LogP contribution is 2.31. The van der Waals surface area contributed by atoms with Crippen molar-refractivity contribution in [3.05, 3.63) is 33.6 Å². The first-order chi connectivity index (χ1) is 9.50. The Bertz CT molecular complexity index is 642. The Morgan fingerprint density at radius 1 is 1.45 bits per heavy atom. The van der Waals surface area contributed by atoms with Crippen LogP contribution in [0, 0.1) is 13.8 Å². The summed E-state index contributed by atoms with van der Waals surface area (Å²) in [6.07, 6.45) is 0. The van der Waals surface area contributed by atoms with Gasteiger partial charge in [-0.15, -0.1) is 5.10 Å². The lowest BCUT2D eigenvalue weighted by Gasteiger charge is -2.13. The molecule has 0 unspecified atom stereocenters. The molecule has 20 heavy (non-hydrogen) atoms. The highest BCUT2D eigenvalue weighted by atomic mass is 79.9. The molecule has 1 N–H and O–H groups in total. The van der Waals surface area contributed by atoms with Gasteiger partial charge in [0.2, 0.25) is 0 Å². The zero-order valence-corrected chi connectivity index (χ0v) is 12.6. The van der Waals surface area contributed by atoms with Crippen molar-refractivity contribution in [2.45, 2.75) is 20.4 Å². The molecule has 2 aromatic rings. The lowest BCUT2D eigenvalue weighted by molar-refractivity contribution is 0.0695. The predicted molar refractivity (Wildman–Crippen MR) is 73.9 cm³/mol. The number of halogens is 1. The van der Waals surface area contributed by atoms with E-state index >= 15 is 0 Å². The Labute approximate surface area is 123 Å². The molecule has 0 aliphatic carbocycles. The molecule has 0 bridgehead atoms. The molecule has 0 saturated carbocycles. The topological polar surface area (TPSA) is 90.1 Å². The van der Waals surface area contributed by atoms with Gasteiger partial charge in [-0.25, -0.2) is 9.48 Å². The Morgan fingerprint density at radius 3 is 2.80 bits per heavy atom. The largest absolute Gasteiger partial charge is 0.490 e. The maximum atomic E-state index is 11.1. The molecule has 0 saturated heterocycles. The minimum absolute atomic E-state index is 0.224. The number of aromatic nitrogens is 4. The number of carbonyl (C=O) groups is 1. The van der Waals surface area contributed by atoms with Crippen molar-refractivity contribution in [2.75, 3.05) is 6.61 Å². The van der Waals surface area contributed by atoms with Gasteiger partial charge in [-0.1, -0.05) is 0 Å². The summed E-state index contributed by atoms with van der Waals surface area (Å²) in [6, 6.07) is 3.20. The molecule has 2 rings (SSSR count). The highest BCUT2D eigenvalue weighted by molar-refractivity contribution is 9.10. The zero-order valence-electron chi connectivity index (χ0n) is 11.0. The second-order valence-electron chi connectivity index (χ2n) is 4.15. The monoisotopic (exact) mass is 340 g/mol. The van der Waals surface area contributed by atoms with Gasteiger partial charge in [-0.3, -0.25) is 0 Å². The molecule has 1 aromatic carbocycles. The van der Waals surface area contributed by atoms with Crippen LogP contribution in [-0.2, 0) is 6.54 Å². The van der Waals surface area contributed by atoms with Gasteiger partial charge >= 0.3 is 5.97 Å². The summed E-state index contributed by atoms with van der Waals surface area (Å²) in [6.45, 7) is 4.34. The standard InChI is InChI=1S/C12H13BrN4O3/c1-7-9(12(18)19)3-4-10(13)11(7)20-6-5-17-8(2)14-15-16-17/h3-4H,5-6H2,1-2H3,(H,18,19). The molecule has 1 heterocycles. The Morgan fingerprint density at radius 2 is 2.20 bits per heavy atom. The molecule has 0 amide bonds. The van der Waals surface area contributed by atoms with Gasteiger partial charge in [0.25, 0.3) is 0 Å². The minimum atomic E-state index is -0.976. The van der Waals surface area contributed by atoms with Crippen molar-refractivity contribution in [3.63, 3.8) is 0 Å². The van der Waals surface area contributed by atoms with Crippen molar-refractivity contribution in [2.24, 2.45) is 0 Å². The van der Waals surface area contributed by atoms with Crippen LogP contribution < -0.4 is 4.74 Å². The Balaban J connectivity index is 2.11. The van der Waals surface area contributed by atoms with Crippen LogP contribution in [-0.4, -0.2) is 37.9 Å². The minimum Gasteiger partial charge on any atom is -0.490 e. The van der Waals surface area contributed by atoms with Crippen molar-refractivity contribution in [1.82, 2.24) is 20.2 Å². The molecule has 106 valence electrons. The first-order valence-corrected chi connectivity index (χ1v) is 6.68. The van der Waals surface area contributed by atoms with E-state index in [4.69, 9.17) is 9.84 Å². The van der Waals surface area contributed by atoms with Gasteiger partial charge in [0, 0.05) is 5.56 Å². The number of tetrazole rings is 1. The van der Waals surface area contributed by atoms with Crippen LogP contribution in [0.4, 0.5) is 0 Å². The SMILES string of the molecule is Cc1c(C(=O)O)ccc(Br)c1OCCn1nnnc1C. The third-order valence-corrected chi connectivity index (χ3v) is 3.47. The second-order valence-corrected chi connectivity index (χ2v) is 5.01. The van der Waals surface area contributed by atoms with Gasteiger partial charge in [0.1, 0.15) is 18.2 Å². The number of aryl methyl sites for hydroxylation is 1.